The monoisotopic (exact) mass is 398 g/mol. The first-order chi connectivity index (χ1) is 14.6. The third kappa shape index (κ3) is 3.32. The van der Waals surface area contributed by atoms with Crippen LogP contribution in [0.25, 0.3) is 16.3 Å². The van der Waals surface area contributed by atoms with Crippen molar-refractivity contribution in [1.29, 1.82) is 0 Å². The van der Waals surface area contributed by atoms with Crippen molar-refractivity contribution < 1.29 is 9.90 Å². The van der Waals surface area contributed by atoms with E-state index < -0.39 is 6.23 Å². The summed E-state index contributed by atoms with van der Waals surface area (Å²) in [7, 11) is 0. The predicted molar refractivity (Wildman–Crippen MR) is 120 cm³/mol. The van der Waals surface area contributed by atoms with Crippen molar-refractivity contribution in [1.82, 2.24) is 9.80 Å². The van der Waals surface area contributed by atoms with Gasteiger partial charge in [0.25, 0.3) is 5.91 Å². The summed E-state index contributed by atoms with van der Waals surface area (Å²) in [5, 5.41) is 12.8. The highest BCUT2D eigenvalue weighted by molar-refractivity contribution is 6.10. The van der Waals surface area contributed by atoms with E-state index in [1.54, 1.807) is 4.90 Å². The van der Waals surface area contributed by atoms with E-state index in [9.17, 15) is 9.90 Å². The maximum absolute atomic E-state index is 13.1. The summed E-state index contributed by atoms with van der Waals surface area (Å²) in [5.41, 5.74) is 5.49. The number of nitrogens with zero attached hydrogens (tertiary/aromatic N) is 2. The summed E-state index contributed by atoms with van der Waals surface area (Å²) in [6.45, 7) is 5.22. The van der Waals surface area contributed by atoms with E-state index in [-0.39, 0.29) is 5.91 Å². The number of aryl methyl sites for hydroxylation is 1. The molecule has 0 spiro atoms. The first kappa shape index (κ1) is 19.0. The van der Waals surface area contributed by atoms with Gasteiger partial charge < -0.3 is 10.0 Å². The fraction of sp³-hybridized carbons (Fsp3) is 0.269. The van der Waals surface area contributed by atoms with E-state index >= 15 is 0 Å². The van der Waals surface area contributed by atoms with Gasteiger partial charge in [-0.05, 0) is 35.9 Å². The zero-order valence-corrected chi connectivity index (χ0v) is 17.2. The Bertz CT molecular complexity index is 1150. The number of benzene rings is 3. The van der Waals surface area contributed by atoms with Crippen LogP contribution in [0.4, 0.5) is 0 Å². The van der Waals surface area contributed by atoms with Gasteiger partial charge in [0.2, 0.25) is 0 Å². The van der Waals surface area contributed by atoms with Gasteiger partial charge in [-0.3, -0.25) is 9.69 Å². The second kappa shape index (κ2) is 7.71. The van der Waals surface area contributed by atoms with E-state index in [2.05, 4.69) is 42.2 Å². The standard InChI is InChI=1S/C26H26N2O2/c1-18-5-2-8-21(17-18)19-11-13-27(14-12-19)15-16-28-25(29)22-9-3-6-20-7-4-10-23(24(20)22)26(28)30/h2-11,17,25,29H,12-16H2,1H3. The van der Waals surface area contributed by atoms with Gasteiger partial charge in [-0.1, -0.05) is 66.2 Å². The lowest BCUT2D eigenvalue weighted by molar-refractivity contribution is 0.00153. The Kier molecular flexibility index (Phi) is 4.89. The molecule has 1 N–H and O–H groups in total. The molecular weight excluding hydrogens is 372 g/mol. The summed E-state index contributed by atoms with van der Waals surface area (Å²) >= 11 is 0. The maximum atomic E-state index is 13.1. The molecule has 0 saturated carbocycles. The van der Waals surface area contributed by atoms with Crippen molar-refractivity contribution in [2.24, 2.45) is 0 Å². The zero-order valence-electron chi connectivity index (χ0n) is 17.2. The third-order valence-electron chi connectivity index (χ3n) is 6.34. The van der Waals surface area contributed by atoms with Crippen molar-refractivity contribution in [2.75, 3.05) is 26.2 Å². The molecule has 0 aliphatic carbocycles. The second-order valence-electron chi connectivity index (χ2n) is 8.27. The smallest absolute Gasteiger partial charge is 0.256 e. The Balaban J connectivity index is 1.29. The molecular formula is C26H26N2O2. The molecule has 0 bridgehead atoms. The van der Waals surface area contributed by atoms with Crippen LogP contribution in [0.2, 0.25) is 0 Å². The Morgan fingerprint density at radius 3 is 2.60 bits per heavy atom. The van der Waals surface area contributed by atoms with Gasteiger partial charge >= 0.3 is 0 Å². The lowest BCUT2D eigenvalue weighted by Crippen LogP contribution is -2.43. The molecule has 2 heterocycles. The van der Waals surface area contributed by atoms with Gasteiger partial charge in [0, 0.05) is 42.7 Å². The van der Waals surface area contributed by atoms with Crippen LogP contribution in [-0.2, 0) is 0 Å². The first-order valence-electron chi connectivity index (χ1n) is 10.6. The SMILES string of the molecule is Cc1cccc(C2=CCN(CCN3C(=O)c4cccc5cccc(c45)C3O)CC2)c1. The highest BCUT2D eigenvalue weighted by atomic mass is 16.3. The molecule has 4 heteroatoms. The van der Waals surface area contributed by atoms with Gasteiger partial charge in [0.15, 0.2) is 6.23 Å². The predicted octanol–water partition coefficient (Wildman–Crippen LogP) is 4.38. The number of aliphatic hydroxyl groups is 1. The van der Waals surface area contributed by atoms with Crippen LogP contribution in [0.5, 0.6) is 0 Å². The average Bonchev–Trinajstić information content (AvgIpc) is 2.78. The summed E-state index contributed by atoms with van der Waals surface area (Å²) in [4.78, 5) is 17.0. The highest BCUT2D eigenvalue weighted by Gasteiger charge is 2.32. The third-order valence-corrected chi connectivity index (χ3v) is 6.34. The lowest BCUT2D eigenvalue weighted by atomic mass is 9.93. The van der Waals surface area contributed by atoms with E-state index in [1.165, 1.54) is 16.7 Å². The lowest BCUT2D eigenvalue weighted by Gasteiger charge is -2.36. The van der Waals surface area contributed by atoms with E-state index in [0.29, 0.717) is 12.1 Å². The molecule has 2 aliphatic heterocycles. The Morgan fingerprint density at radius 2 is 1.83 bits per heavy atom. The summed E-state index contributed by atoms with van der Waals surface area (Å²) in [5.74, 6) is -0.0835. The Hall–Kier alpha value is -2.95. The largest absolute Gasteiger partial charge is 0.369 e. The first-order valence-corrected chi connectivity index (χ1v) is 10.6. The van der Waals surface area contributed by atoms with Gasteiger partial charge in [-0.25, -0.2) is 0 Å². The van der Waals surface area contributed by atoms with Gasteiger partial charge in [0.1, 0.15) is 0 Å². The van der Waals surface area contributed by atoms with Crippen molar-refractivity contribution in [2.45, 2.75) is 19.6 Å². The maximum Gasteiger partial charge on any atom is 0.256 e. The minimum absolute atomic E-state index is 0.0835. The van der Waals surface area contributed by atoms with E-state index in [1.807, 2.05) is 36.4 Å². The molecule has 0 aromatic heterocycles. The van der Waals surface area contributed by atoms with Crippen LogP contribution in [0.15, 0.2) is 66.7 Å². The fourth-order valence-corrected chi connectivity index (χ4v) is 4.69. The molecule has 3 aromatic rings. The second-order valence-corrected chi connectivity index (χ2v) is 8.27. The van der Waals surface area contributed by atoms with Crippen LogP contribution < -0.4 is 0 Å². The highest BCUT2D eigenvalue weighted by Crippen LogP contribution is 2.35. The molecule has 3 aromatic carbocycles. The molecule has 2 aliphatic rings. The van der Waals surface area contributed by atoms with Crippen LogP contribution in [0, 0.1) is 6.92 Å². The zero-order chi connectivity index (χ0) is 20.7. The van der Waals surface area contributed by atoms with Crippen LogP contribution in [-0.4, -0.2) is 47.0 Å². The summed E-state index contributed by atoms with van der Waals surface area (Å²) in [6.07, 6.45) is 2.41. The molecule has 1 unspecified atom stereocenters. The van der Waals surface area contributed by atoms with Gasteiger partial charge in [0.05, 0.1) is 0 Å². The molecule has 4 nitrogen and oxygen atoms in total. The van der Waals surface area contributed by atoms with E-state index in [4.69, 9.17) is 0 Å². The van der Waals surface area contributed by atoms with Crippen molar-refractivity contribution in [3.63, 3.8) is 0 Å². The number of carbonyl (C=O) groups is 1. The molecule has 1 amide bonds. The van der Waals surface area contributed by atoms with Crippen LogP contribution >= 0.6 is 0 Å². The summed E-state index contributed by atoms with van der Waals surface area (Å²) in [6, 6.07) is 20.3. The Labute approximate surface area is 177 Å². The average molecular weight is 399 g/mol. The molecule has 152 valence electrons. The van der Waals surface area contributed by atoms with Crippen LogP contribution in [0.1, 0.15) is 39.7 Å². The van der Waals surface area contributed by atoms with Crippen molar-refractivity contribution >= 4 is 22.3 Å². The van der Waals surface area contributed by atoms with Gasteiger partial charge in [-0.15, -0.1) is 0 Å². The molecule has 0 radical (unpaired) electrons. The van der Waals surface area contributed by atoms with Crippen molar-refractivity contribution in [3.8, 4) is 0 Å². The molecule has 0 saturated heterocycles. The molecule has 0 fully saturated rings. The molecule has 1 atom stereocenters. The minimum Gasteiger partial charge on any atom is -0.369 e. The summed E-state index contributed by atoms with van der Waals surface area (Å²) < 4.78 is 0. The topological polar surface area (TPSA) is 43.8 Å². The number of hydrogen-bond acceptors (Lipinski definition) is 3. The quantitative estimate of drug-likeness (QED) is 0.709. The van der Waals surface area contributed by atoms with Gasteiger partial charge in [-0.2, -0.15) is 0 Å². The van der Waals surface area contributed by atoms with E-state index in [0.717, 1.165) is 42.4 Å². The number of carbonyl (C=O) groups excluding carboxylic acids is 1. The number of aliphatic hydroxyl groups excluding tert-OH is 1. The molecule has 5 rings (SSSR count). The normalized spacial score (nSPS) is 19.3. The minimum atomic E-state index is -0.890. The fourth-order valence-electron chi connectivity index (χ4n) is 4.69. The molecule has 30 heavy (non-hydrogen) atoms. The number of rotatable bonds is 4. The van der Waals surface area contributed by atoms with Crippen LogP contribution in [0.3, 0.4) is 0 Å². The Morgan fingerprint density at radius 1 is 1.03 bits per heavy atom. The number of amides is 1. The number of hydrogen-bond donors (Lipinski definition) is 1. The van der Waals surface area contributed by atoms with Crippen molar-refractivity contribution in [3.05, 3.63) is 89.0 Å².